The van der Waals surface area contributed by atoms with Crippen molar-refractivity contribution in [3.8, 4) is 0 Å². The molecule has 0 saturated carbocycles. The molecule has 0 atom stereocenters. The molecule has 92 valence electrons. The number of fused-ring (bicyclic) bond motifs is 5. The summed E-state index contributed by atoms with van der Waals surface area (Å²) in [4.78, 5) is 23.8. The first-order valence-corrected chi connectivity index (χ1v) is 7.22. The highest BCUT2D eigenvalue weighted by molar-refractivity contribution is 7.16. The van der Waals surface area contributed by atoms with Crippen molar-refractivity contribution in [3.05, 3.63) is 16.0 Å². The number of carbonyl (C=O) groups is 1. The van der Waals surface area contributed by atoms with Crippen molar-refractivity contribution in [2.75, 3.05) is 6.54 Å². The number of aliphatic imine (C=N–C) groups is 2. The van der Waals surface area contributed by atoms with E-state index in [1.165, 1.54) is 23.3 Å². The Labute approximate surface area is 109 Å². The molecule has 5 heteroatoms. The van der Waals surface area contributed by atoms with Crippen LogP contribution in [0.2, 0.25) is 0 Å². The SMILES string of the molecule is O=C1CCN2C=Nc3sc4c(c3C2=N1)CCCC4. The summed E-state index contributed by atoms with van der Waals surface area (Å²) in [7, 11) is 0. The van der Waals surface area contributed by atoms with Gasteiger partial charge in [-0.15, -0.1) is 11.3 Å². The molecule has 1 amide bonds. The Hall–Kier alpha value is -1.49. The molecule has 0 radical (unpaired) electrons. The topological polar surface area (TPSA) is 45.0 Å². The number of hydrogen-bond acceptors (Lipinski definition) is 4. The first-order valence-electron chi connectivity index (χ1n) is 6.40. The lowest BCUT2D eigenvalue weighted by Gasteiger charge is -2.28. The molecular weight excluding hydrogens is 246 g/mol. The largest absolute Gasteiger partial charge is 0.316 e. The normalized spacial score (nSPS) is 21.2. The maximum Gasteiger partial charge on any atom is 0.249 e. The van der Waals surface area contributed by atoms with Crippen LogP contribution in [-0.2, 0) is 17.6 Å². The van der Waals surface area contributed by atoms with Crippen molar-refractivity contribution < 1.29 is 4.79 Å². The van der Waals surface area contributed by atoms with Crippen LogP contribution in [0, 0.1) is 0 Å². The van der Waals surface area contributed by atoms with Crippen LogP contribution in [0.3, 0.4) is 0 Å². The van der Waals surface area contributed by atoms with Gasteiger partial charge in [-0.3, -0.25) is 4.79 Å². The van der Waals surface area contributed by atoms with E-state index >= 15 is 0 Å². The number of amides is 1. The number of rotatable bonds is 0. The molecule has 1 aliphatic carbocycles. The minimum absolute atomic E-state index is 0.00161. The van der Waals surface area contributed by atoms with Crippen molar-refractivity contribution in [1.82, 2.24) is 4.90 Å². The summed E-state index contributed by atoms with van der Waals surface area (Å²) in [6, 6.07) is 0. The van der Waals surface area contributed by atoms with Gasteiger partial charge in [-0.25, -0.2) is 4.99 Å². The smallest absolute Gasteiger partial charge is 0.249 e. The second kappa shape index (κ2) is 3.75. The van der Waals surface area contributed by atoms with E-state index < -0.39 is 0 Å². The van der Waals surface area contributed by atoms with Crippen molar-refractivity contribution >= 4 is 34.4 Å². The Morgan fingerprint density at radius 1 is 1.22 bits per heavy atom. The van der Waals surface area contributed by atoms with E-state index in [4.69, 9.17) is 0 Å². The molecule has 2 aliphatic heterocycles. The van der Waals surface area contributed by atoms with Crippen molar-refractivity contribution in [2.24, 2.45) is 9.98 Å². The van der Waals surface area contributed by atoms with Crippen LogP contribution in [0.15, 0.2) is 9.98 Å². The molecule has 0 fully saturated rings. The van der Waals surface area contributed by atoms with Gasteiger partial charge in [0.1, 0.15) is 10.8 Å². The summed E-state index contributed by atoms with van der Waals surface area (Å²) in [5.41, 5.74) is 2.54. The molecule has 3 aliphatic rings. The quantitative estimate of drug-likeness (QED) is 0.717. The molecule has 18 heavy (non-hydrogen) atoms. The van der Waals surface area contributed by atoms with Gasteiger partial charge in [0.15, 0.2) is 0 Å². The summed E-state index contributed by atoms with van der Waals surface area (Å²) in [6.07, 6.45) is 7.10. The van der Waals surface area contributed by atoms with E-state index in [0.29, 0.717) is 13.0 Å². The number of carbonyl (C=O) groups excluding carboxylic acids is 1. The molecule has 4 rings (SSSR count). The number of nitrogens with zero attached hydrogens (tertiary/aromatic N) is 3. The standard InChI is InChI=1S/C13H13N3OS/c17-10-5-6-16-7-14-13-11(12(16)15-10)8-3-1-2-4-9(8)18-13/h7H,1-6H2. The highest BCUT2D eigenvalue weighted by Gasteiger charge is 2.31. The van der Waals surface area contributed by atoms with Crippen LogP contribution in [0.4, 0.5) is 5.00 Å². The minimum atomic E-state index is -0.00161. The fraction of sp³-hybridized carbons (Fsp3) is 0.462. The van der Waals surface area contributed by atoms with Crippen molar-refractivity contribution in [3.63, 3.8) is 0 Å². The zero-order valence-electron chi connectivity index (χ0n) is 9.98. The van der Waals surface area contributed by atoms with Gasteiger partial charge in [-0.1, -0.05) is 0 Å². The van der Waals surface area contributed by atoms with Crippen molar-refractivity contribution in [1.29, 1.82) is 0 Å². The molecule has 0 spiro atoms. The van der Waals surface area contributed by atoms with E-state index in [2.05, 4.69) is 9.98 Å². The molecule has 0 aromatic carbocycles. The summed E-state index contributed by atoms with van der Waals surface area (Å²) in [5, 5.41) is 1.05. The fourth-order valence-corrected chi connectivity index (χ4v) is 4.09. The number of hydrogen-bond donors (Lipinski definition) is 0. The summed E-state index contributed by atoms with van der Waals surface area (Å²) in [5.74, 6) is 0.842. The first kappa shape index (κ1) is 10.4. The number of aryl methyl sites for hydroxylation is 1. The lowest BCUT2D eigenvalue weighted by Crippen LogP contribution is -2.38. The van der Waals surface area contributed by atoms with Crippen LogP contribution in [0.5, 0.6) is 0 Å². The Bertz CT molecular complexity index is 600. The van der Waals surface area contributed by atoms with Crippen LogP contribution in [0.1, 0.15) is 35.3 Å². The molecule has 0 unspecified atom stereocenters. The van der Waals surface area contributed by atoms with E-state index in [0.717, 1.165) is 29.2 Å². The van der Waals surface area contributed by atoms with Gasteiger partial charge < -0.3 is 4.90 Å². The van der Waals surface area contributed by atoms with Gasteiger partial charge in [0, 0.05) is 17.8 Å². The average Bonchev–Trinajstić information content (AvgIpc) is 2.77. The van der Waals surface area contributed by atoms with E-state index in [1.54, 1.807) is 11.3 Å². The maximum absolute atomic E-state index is 11.6. The van der Waals surface area contributed by atoms with E-state index in [1.807, 2.05) is 11.2 Å². The summed E-state index contributed by atoms with van der Waals surface area (Å²) in [6.45, 7) is 0.714. The number of thiophene rings is 1. The van der Waals surface area contributed by atoms with Crippen LogP contribution in [0.25, 0.3) is 0 Å². The van der Waals surface area contributed by atoms with Crippen LogP contribution >= 0.6 is 11.3 Å². The molecule has 3 heterocycles. The number of amidine groups is 1. The zero-order valence-corrected chi connectivity index (χ0v) is 10.8. The summed E-state index contributed by atoms with van der Waals surface area (Å²) >= 11 is 1.78. The monoisotopic (exact) mass is 259 g/mol. The lowest BCUT2D eigenvalue weighted by atomic mass is 9.94. The molecule has 4 nitrogen and oxygen atoms in total. The molecule has 1 aromatic heterocycles. The second-order valence-corrected chi connectivity index (χ2v) is 5.99. The summed E-state index contributed by atoms with van der Waals surface area (Å²) < 4.78 is 0. The molecule has 0 saturated heterocycles. The van der Waals surface area contributed by atoms with Gasteiger partial charge >= 0.3 is 0 Å². The molecule has 0 bridgehead atoms. The Morgan fingerprint density at radius 2 is 2.11 bits per heavy atom. The zero-order chi connectivity index (χ0) is 12.1. The third kappa shape index (κ3) is 1.40. The lowest BCUT2D eigenvalue weighted by molar-refractivity contribution is -0.118. The first-order chi connectivity index (χ1) is 8.83. The minimum Gasteiger partial charge on any atom is -0.316 e. The highest BCUT2D eigenvalue weighted by atomic mass is 32.1. The Kier molecular flexibility index (Phi) is 2.17. The van der Waals surface area contributed by atoms with E-state index in [9.17, 15) is 4.79 Å². The molecule has 1 aromatic rings. The Balaban J connectivity index is 1.93. The fourth-order valence-electron chi connectivity index (χ4n) is 2.87. The van der Waals surface area contributed by atoms with Crippen molar-refractivity contribution in [2.45, 2.75) is 32.1 Å². The Morgan fingerprint density at radius 3 is 3.06 bits per heavy atom. The van der Waals surface area contributed by atoms with Gasteiger partial charge in [0.25, 0.3) is 0 Å². The third-order valence-corrected chi connectivity index (χ3v) is 4.96. The highest BCUT2D eigenvalue weighted by Crippen LogP contribution is 2.42. The average molecular weight is 259 g/mol. The molecular formula is C13H13N3OS. The van der Waals surface area contributed by atoms with Gasteiger partial charge in [0.05, 0.1) is 11.9 Å². The maximum atomic E-state index is 11.6. The predicted octanol–water partition coefficient (Wildman–Crippen LogP) is 2.28. The third-order valence-electron chi connectivity index (χ3n) is 3.76. The second-order valence-electron chi connectivity index (χ2n) is 4.91. The van der Waals surface area contributed by atoms with Crippen LogP contribution < -0.4 is 0 Å². The van der Waals surface area contributed by atoms with Gasteiger partial charge in [-0.05, 0) is 31.2 Å². The van der Waals surface area contributed by atoms with Gasteiger partial charge in [0.2, 0.25) is 5.91 Å². The predicted molar refractivity (Wildman–Crippen MR) is 72.0 cm³/mol. The van der Waals surface area contributed by atoms with Crippen LogP contribution in [-0.4, -0.2) is 29.5 Å². The van der Waals surface area contributed by atoms with E-state index in [-0.39, 0.29) is 5.91 Å². The van der Waals surface area contributed by atoms with Gasteiger partial charge in [-0.2, -0.15) is 4.99 Å². The molecule has 0 N–H and O–H groups in total.